The van der Waals surface area contributed by atoms with E-state index >= 15 is 0 Å². The van der Waals surface area contributed by atoms with E-state index in [1.54, 1.807) is 19.4 Å². The third kappa shape index (κ3) is 5.49. The first-order valence-corrected chi connectivity index (χ1v) is 12.9. The summed E-state index contributed by atoms with van der Waals surface area (Å²) >= 11 is 6.46. The molecule has 2 N–H and O–H groups in total. The highest BCUT2D eigenvalue weighted by Crippen LogP contribution is 2.47. The summed E-state index contributed by atoms with van der Waals surface area (Å²) in [5.41, 5.74) is 1.35. The lowest BCUT2D eigenvalue weighted by Gasteiger charge is -2.16. The fourth-order valence-electron chi connectivity index (χ4n) is 4.32. The predicted octanol–water partition coefficient (Wildman–Crippen LogP) is 6.53. The molecule has 5 rings (SSSR count). The molecule has 1 aliphatic rings. The normalized spacial score (nSPS) is 13.5. The van der Waals surface area contributed by atoms with Crippen molar-refractivity contribution in [3.05, 3.63) is 77.3 Å². The van der Waals surface area contributed by atoms with Crippen molar-refractivity contribution in [1.29, 1.82) is 0 Å². The highest BCUT2D eigenvalue weighted by Gasteiger charge is 2.56. The van der Waals surface area contributed by atoms with Crippen LogP contribution in [0.2, 0.25) is 5.02 Å². The van der Waals surface area contributed by atoms with E-state index in [1.807, 2.05) is 12.1 Å². The SMILES string of the molecule is CCCc1cc2nccc(Oc3ncc(NC(=O)C4(C(=O)Nc5ccc(F)cc5)CC4)cc3Cl)c2cc1OC. The Bertz CT molecular complexity index is 1560. The highest BCUT2D eigenvalue weighted by atomic mass is 35.5. The Morgan fingerprint density at radius 3 is 2.36 bits per heavy atom. The topological polar surface area (TPSA) is 102 Å². The third-order valence-electron chi connectivity index (χ3n) is 6.62. The number of aryl methyl sites for hydroxylation is 1. The van der Waals surface area contributed by atoms with Crippen molar-refractivity contribution in [3.8, 4) is 17.4 Å². The number of nitrogens with one attached hydrogen (secondary N) is 2. The van der Waals surface area contributed by atoms with Crippen LogP contribution in [0.4, 0.5) is 15.8 Å². The van der Waals surface area contributed by atoms with Crippen molar-refractivity contribution in [1.82, 2.24) is 9.97 Å². The van der Waals surface area contributed by atoms with Crippen molar-refractivity contribution in [2.75, 3.05) is 17.7 Å². The molecular weight excluding hydrogens is 523 g/mol. The minimum absolute atomic E-state index is 0.147. The molecule has 0 saturated heterocycles. The molecule has 0 atom stereocenters. The number of carbonyl (C=O) groups excluding carboxylic acids is 2. The smallest absolute Gasteiger partial charge is 0.240 e. The van der Waals surface area contributed by atoms with Crippen molar-refractivity contribution in [2.24, 2.45) is 5.41 Å². The Kier molecular flexibility index (Phi) is 7.34. The van der Waals surface area contributed by atoms with E-state index in [4.69, 9.17) is 21.1 Å². The van der Waals surface area contributed by atoms with E-state index in [0.717, 1.165) is 35.1 Å². The predicted molar refractivity (Wildman–Crippen MR) is 147 cm³/mol. The number of anilines is 2. The maximum atomic E-state index is 13.2. The molecule has 0 unspecified atom stereocenters. The van der Waals surface area contributed by atoms with Gasteiger partial charge in [0.05, 0.1) is 24.5 Å². The van der Waals surface area contributed by atoms with Crippen LogP contribution in [0.3, 0.4) is 0 Å². The Labute approximate surface area is 229 Å². The molecule has 10 heteroatoms. The van der Waals surface area contributed by atoms with Crippen LogP contribution in [-0.2, 0) is 16.0 Å². The second kappa shape index (κ2) is 10.9. The lowest BCUT2D eigenvalue weighted by atomic mass is 10.0. The summed E-state index contributed by atoms with van der Waals surface area (Å²) in [5, 5.41) is 6.32. The second-order valence-electron chi connectivity index (χ2n) is 9.35. The minimum atomic E-state index is -1.21. The third-order valence-corrected chi connectivity index (χ3v) is 6.89. The number of fused-ring (bicyclic) bond motifs is 1. The van der Waals surface area contributed by atoms with Crippen molar-refractivity contribution < 1.29 is 23.5 Å². The number of carbonyl (C=O) groups is 2. The summed E-state index contributed by atoms with van der Waals surface area (Å²) in [5.74, 6) is 0.0609. The van der Waals surface area contributed by atoms with Gasteiger partial charge in [0.1, 0.15) is 27.8 Å². The number of halogens is 2. The fourth-order valence-corrected chi connectivity index (χ4v) is 4.53. The Hall–Kier alpha value is -4.24. The molecule has 1 saturated carbocycles. The van der Waals surface area contributed by atoms with Crippen LogP contribution in [-0.4, -0.2) is 28.9 Å². The zero-order chi connectivity index (χ0) is 27.6. The van der Waals surface area contributed by atoms with E-state index < -0.39 is 23.0 Å². The lowest BCUT2D eigenvalue weighted by Crippen LogP contribution is -2.35. The Morgan fingerprint density at radius 2 is 1.72 bits per heavy atom. The molecule has 8 nitrogen and oxygen atoms in total. The van der Waals surface area contributed by atoms with E-state index in [9.17, 15) is 14.0 Å². The number of methoxy groups -OCH3 is 1. The quantitative estimate of drug-likeness (QED) is 0.230. The highest BCUT2D eigenvalue weighted by molar-refractivity contribution is 6.32. The number of aromatic nitrogens is 2. The van der Waals surface area contributed by atoms with Crippen LogP contribution in [0.25, 0.3) is 10.9 Å². The summed E-state index contributed by atoms with van der Waals surface area (Å²) in [7, 11) is 1.63. The number of benzene rings is 2. The molecule has 200 valence electrons. The second-order valence-corrected chi connectivity index (χ2v) is 9.76. The molecule has 2 amide bonds. The maximum absolute atomic E-state index is 13.2. The standard InChI is InChI=1S/C29H26ClFN4O4/c1-3-4-17-13-23-21(15-25(17)38-2)24(9-12-32-23)39-26-22(30)14-20(16-33-26)35-28(37)29(10-11-29)27(36)34-19-7-5-18(31)6-8-19/h5-9,12-16H,3-4,10-11H2,1-2H3,(H,34,36)(H,35,37). The summed E-state index contributed by atoms with van der Waals surface area (Å²) in [6, 6.07) is 12.5. The van der Waals surface area contributed by atoms with E-state index in [2.05, 4.69) is 27.5 Å². The summed E-state index contributed by atoms with van der Waals surface area (Å²) in [4.78, 5) is 34.6. The molecule has 0 bridgehead atoms. The van der Waals surface area contributed by atoms with Gasteiger partial charge in [0.2, 0.25) is 17.7 Å². The fraction of sp³-hybridized carbons (Fsp3) is 0.241. The van der Waals surface area contributed by atoms with Crippen molar-refractivity contribution in [2.45, 2.75) is 32.6 Å². The van der Waals surface area contributed by atoms with Crippen LogP contribution in [0.1, 0.15) is 31.7 Å². The molecule has 1 fully saturated rings. The first-order valence-electron chi connectivity index (χ1n) is 12.5. The monoisotopic (exact) mass is 548 g/mol. The molecule has 4 aromatic rings. The van der Waals surface area contributed by atoms with Gasteiger partial charge in [-0.2, -0.15) is 0 Å². The lowest BCUT2D eigenvalue weighted by molar-refractivity contribution is -0.131. The molecule has 2 heterocycles. The first kappa shape index (κ1) is 26.4. The van der Waals surface area contributed by atoms with E-state index in [-0.39, 0.29) is 10.9 Å². The molecule has 39 heavy (non-hydrogen) atoms. The number of rotatable bonds is 9. The van der Waals surface area contributed by atoms with Crippen LogP contribution in [0, 0.1) is 11.2 Å². The minimum Gasteiger partial charge on any atom is -0.496 e. The summed E-state index contributed by atoms with van der Waals surface area (Å²) in [6.07, 6.45) is 5.69. The van der Waals surface area contributed by atoms with Gasteiger partial charge < -0.3 is 20.1 Å². The van der Waals surface area contributed by atoms with Crippen LogP contribution < -0.4 is 20.1 Å². The van der Waals surface area contributed by atoms with Gasteiger partial charge in [-0.05, 0) is 73.4 Å². The number of ether oxygens (including phenoxy) is 2. The number of hydrogen-bond donors (Lipinski definition) is 2. The maximum Gasteiger partial charge on any atom is 0.240 e. The van der Waals surface area contributed by atoms with Gasteiger partial charge in [-0.1, -0.05) is 24.9 Å². The molecule has 0 aliphatic heterocycles. The number of nitrogens with zero attached hydrogens (tertiary/aromatic N) is 2. The average Bonchev–Trinajstić information content (AvgIpc) is 3.74. The van der Waals surface area contributed by atoms with Gasteiger partial charge in [-0.3, -0.25) is 14.6 Å². The van der Waals surface area contributed by atoms with Gasteiger partial charge in [0.15, 0.2) is 0 Å². The van der Waals surface area contributed by atoms with Crippen LogP contribution >= 0.6 is 11.6 Å². The van der Waals surface area contributed by atoms with Gasteiger partial charge in [-0.15, -0.1) is 0 Å². The van der Waals surface area contributed by atoms with E-state index in [0.29, 0.717) is 30.0 Å². The molecule has 2 aromatic heterocycles. The number of pyridine rings is 2. The van der Waals surface area contributed by atoms with Gasteiger partial charge in [-0.25, -0.2) is 9.37 Å². The Morgan fingerprint density at radius 1 is 1.00 bits per heavy atom. The van der Waals surface area contributed by atoms with E-state index in [1.165, 1.54) is 36.5 Å². The van der Waals surface area contributed by atoms with Crippen molar-refractivity contribution >= 4 is 45.7 Å². The van der Waals surface area contributed by atoms with Crippen LogP contribution in [0.5, 0.6) is 17.4 Å². The van der Waals surface area contributed by atoms with Crippen LogP contribution in [0.15, 0.2) is 60.9 Å². The first-order chi connectivity index (χ1) is 18.8. The number of amides is 2. The van der Waals surface area contributed by atoms with Gasteiger partial charge in [0.25, 0.3) is 0 Å². The largest absolute Gasteiger partial charge is 0.496 e. The molecule has 0 radical (unpaired) electrons. The molecular formula is C29H26ClFN4O4. The zero-order valence-electron chi connectivity index (χ0n) is 21.4. The summed E-state index contributed by atoms with van der Waals surface area (Å²) < 4.78 is 24.8. The molecule has 1 aliphatic carbocycles. The average molecular weight is 549 g/mol. The zero-order valence-corrected chi connectivity index (χ0v) is 22.1. The molecule has 0 spiro atoms. The Balaban J connectivity index is 1.31. The van der Waals surface area contributed by atoms with Gasteiger partial charge in [0, 0.05) is 17.3 Å². The number of hydrogen-bond acceptors (Lipinski definition) is 6. The molecule has 2 aromatic carbocycles. The van der Waals surface area contributed by atoms with Gasteiger partial charge >= 0.3 is 0 Å². The van der Waals surface area contributed by atoms with Crippen molar-refractivity contribution in [3.63, 3.8) is 0 Å². The summed E-state index contributed by atoms with van der Waals surface area (Å²) in [6.45, 7) is 2.10.